The van der Waals surface area contributed by atoms with E-state index in [1.807, 2.05) is 24.4 Å². The molecule has 2 N–H and O–H groups in total. The Balaban J connectivity index is 1.91. The number of anilines is 1. The van der Waals surface area contributed by atoms with Crippen molar-refractivity contribution in [2.24, 2.45) is 0 Å². The molecule has 0 aliphatic heterocycles. The highest BCUT2D eigenvalue weighted by Crippen LogP contribution is 2.27. The quantitative estimate of drug-likeness (QED) is 0.805. The molecule has 82 valence electrons. The van der Waals surface area contributed by atoms with Gasteiger partial charge in [0.25, 0.3) is 0 Å². The van der Waals surface area contributed by atoms with Crippen LogP contribution in [0.25, 0.3) is 10.8 Å². The van der Waals surface area contributed by atoms with Gasteiger partial charge in [-0.3, -0.25) is 0 Å². The number of nitrogens with zero attached hydrogens (tertiary/aromatic N) is 1. The van der Waals surface area contributed by atoms with E-state index in [4.69, 9.17) is 0 Å². The summed E-state index contributed by atoms with van der Waals surface area (Å²) in [5, 5.41) is 15.0. The molecule has 0 amide bonds. The molecule has 2 aromatic rings. The van der Waals surface area contributed by atoms with Crippen molar-refractivity contribution in [2.75, 3.05) is 5.32 Å². The first-order valence-electron chi connectivity index (χ1n) is 5.61. The van der Waals surface area contributed by atoms with Gasteiger partial charge < -0.3 is 10.4 Å². The van der Waals surface area contributed by atoms with E-state index >= 15 is 0 Å². The number of benzene rings is 1. The normalized spacial score (nSPS) is 24.1. The molecule has 0 spiro atoms. The SMILES string of the molecule is OC1CC(Nc2nccc3ccccc23)C1. The summed E-state index contributed by atoms with van der Waals surface area (Å²) in [6.07, 6.45) is 3.34. The molecule has 1 fully saturated rings. The third-order valence-corrected chi connectivity index (χ3v) is 3.13. The van der Waals surface area contributed by atoms with Crippen LogP contribution in [-0.2, 0) is 0 Å². The fourth-order valence-electron chi connectivity index (χ4n) is 2.13. The lowest BCUT2D eigenvalue weighted by Gasteiger charge is -2.32. The molecule has 1 heterocycles. The highest BCUT2D eigenvalue weighted by molar-refractivity contribution is 5.91. The van der Waals surface area contributed by atoms with Crippen LogP contribution in [0.4, 0.5) is 5.82 Å². The Kier molecular flexibility index (Phi) is 2.26. The van der Waals surface area contributed by atoms with Gasteiger partial charge >= 0.3 is 0 Å². The zero-order chi connectivity index (χ0) is 11.0. The van der Waals surface area contributed by atoms with Gasteiger partial charge in [0.2, 0.25) is 0 Å². The second kappa shape index (κ2) is 3.76. The summed E-state index contributed by atoms with van der Waals surface area (Å²) >= 11 is 0. The van der Waals surface area contributed by atoms with Crippen molar-refractivity contribution in [3.63, 3.8) is 0 Å². The van der Waals surface area contributed by atoms with E-state index in [1.54, 1.807) is 0 Å². The van der Waals surface area contributed by atoms with Crippen LogP contribution in [0.2, 0.25) is 0 Å². The summed E-state index contributed by atoms with van der Waals surface area (Å²) in [4.78, 5) is 4.36. The summed E-state index contributed by atoms with van der Waals surface area (Å²) in [5.74, 6) is 0.926. The molecule has 0 bridgehead atoms. The van der Waals surface area contributed by atoms with Crippen LogP contribution in [0.1, 0.15) is 12.8 Å². The second-order valence-electron chi connectivity index (χ2n) is 4.35. The predicted octanol–water partition coefficient (Wildman–Crippen LogP) is 2.17. The minimum Gasteiger partial charge on any atom is -0.393 e. The number of hydrogen-bond donors (Lipinski definition) is 2. The molecule has 0 radical (unpaired) electrons. The summed E-state index contributed by atoms with van der Waals surface area (Å²) < 4.78 is 0. The summed E-state index contributed by atoms with van der Waals surface area (Å²) in [6, 6.07) is 10.6. The van der Waals surface area contributed by atoms with E-state index in [0.29, 0.717) is 6.04 Å². The number of fused-ring (bicyclic) bond motifs is 1. The summed E-state index contributed by atoms with van der Waals surface area (Å²) in [5.41, 5.74) is 0. The van der Waals surface area contributed by atoms with Crippen LogP contribution in [-0.4, -0.2) is 22.2 Å². The maximum Gasteiger partial charge on any atom is 0.134 e. The highest BCUT2D eigenvalue weighted by atomic mass is 16.3. The molecule has 3 nitrogen and oxygen atoms in total. The van der Waals surface area contributed by atoms with Crippen molar-refractivity contribution in [3.05, 3.63) is 36.5 Å². The van der Waals surface area contributed by atoms with E-state index in [9.17, 15) is 5.11 Å². The van der Waals surface area contributed by atoms with Gasteiger partial charge in [-0.1, -0.05) is 24.3 Å². The van der Waals surface area contributed by atoms with Crippen molar-refractivity contribution < 1.29 is 5.11 Å². The Hall–Kier alpha value is -1.61. The first-order chi connectivity index (χ1) is 7.83. The van der Waals surface area contributed by atoms with Gasteiger partial charge in [0.1, 0.15) is 5.82 Å². The third kappa shape index (κ3) is 1.63. The topological polar surface area (TPSA) is 45.1 Å². The minimum atomic E-state index is -0.132. The van der Waals surface area contributed by atoms with E-state index in [2.05, 4.69) is 22.4 Å². The molecule has 1 saturated carbocycles. The summed E-state index contributed by atoms with van der Waals surface area (Å²) in [7, 11) is 0. The van der Waals surface area contributed by atoms with Crippen molar-refractivity contribution in [1.29, 1.82) is 0 Å². The lowest BCUT2D eigenvalue weighted by Crippen LogP contribution is -2.39. The van der Waals surface area contributed by atoms with Crippen molar-refractivity contribution >= 4 is 16.6 Å². The van der Waals surface area contributed by atoms with Gasteiger partial charge in [0.15, 0.2) is 0 Å². The van der Waals surface area contributed by atoms with Crippen LogP contribution in [0, 0.1) is 0 Å². The van der Waals surface area contributed by atoms with Crippen LogP contribution in [0.3, 0.4) is 0 Å². The Morgan fingerprint density at radius 2 is 2.00 bits per heavy atom. The van der Waals surface area contributed by atoms with Crippen molar-refractivity contribution in [1.82, 2.24) is 4.98 Å². The van der Waals surface area contributed by atoms with Gasteiger partial charge in [-0.15, -0.1) is 0 Å². The molecular formula is C13H14N2O. The molecule has 16 heavy (non-hydrogen) atoms. The number of aliphatic hydroxyl groups is 1. The molecule has 3 rings (SSSR count). The average Bonchev–Trinajstić information content (AvgIpc) is 2.27. The Bertz CT molecular complexity index is 501. The number of pyridine rings is 1. The zero-order valence-corrected chi connectivity index (χ0v) is 8.93. The molecule has 1 aromatic heterocycles. The Morgan fingerprint density at radius 1 is 1.19 bits per heavy atom. The largest absolute Gasteiger partial charge is 0.393 e. The number of aromatic nitrogens is 1. The number of hydrogen-bond acceptors (Lipinski definition) is 3. The van der Waals surface area contributed by atoms with Gasteiger partial charge in [-0.2, -0.15) is 0 Å². The fourth-order valence-corrected chi connectivity index (χ4v) is 2.13. The molecule has 1 aliphatic rings. The standard InChI is InChI=1S/C13H14N2O/c16-11-7-10(8-11)15-13-12-4-2-1-3-9(12)5-6-14-13/h1-6,10-11,16H,7-8H2,(H,14,15). The van der Waals surface area contributed by atoms with Gasteiger partial charge in [0.05, 0.1) is 6.10 Å². The monoisotopic (exact) mass is 214 g/mol. The molecule has 0 saturated heterocycles. The molecule has 0 atom stereocenters. The van der Waals surface area contributed by atoms with Gasteiger partial charge in [0, 0.05) is 17.6 Å². The highest BCUT2D eigenvalue weighted by Gasteiger charge is 2.27. The lowest BCUT2D eigenvalue weighted by atomic mass is 9.89. The Labute approximate surface area is 94.1 Å². The predicted molar refractivity (Wildman–Crippen MR) is 64.4 cm³/mol. The van der Waals surface area contributed by atoms with Crippen molar-refractivity contribution in [3.8, 4) is 0 Å². The van der Waals surface area contributed by atoms with Crippen LogP contribution >= 0.6 is 0 Å². The minimum absolute atomic E-state index is 0.132. The second-order valence-corrected chi connectivity index (χ2v) is 4.35. The van der Waals surface area contributed by atoms with Crippen LogP contribution < -0.4 is 5.32 Å². The third-order valence-electron chi connectivity index (χ3n) is 3.13. The Morgan fingerprint density at radius 3 is 2.81 bits per heavy atom. The van der Waals surface area contributed by atoms with E-state index in [1.165, 1.54) is 5.39 Å². The number of aliphatic hydroxyl groups excluding tert-OH is 1. The fraction of sp³-hybridized carbons (Fsp3) is 0.308. The van der Waals surface area contributed by atoms with E-state index < -0.39 is 0 Å². The van der Waals surface area contributed by atoms with Crippen LogP contribution in [0.5, 0.6) is 0 Å². The first kappa shape index (κ1) is 9.60. The molecule has 3 heteroatoms. The molecule has 0 unspecified atom stereocenters. The van der Waals surface area contributed by atoms with E-state index in [0.717, 1.165) is 24.0 Å². The lowest BCUT2D eigenvalue weighted by molar-refractivity contribution is 0.0836. The molecular weight excluding hydrogens is 200 g/mol. The molecule has 1 aromatic carbocycles. The smallest absolute Gasteiger partial charge is 0.134 e. The average molecular weight is 214 g/mol. The van der Waals surface area contributed by atoms with Crippen molar-refractivity contribution in [2.45, 2.75) is 25.0 Å². The van der Waals surface area contributed by atoms with Gasteiger partial charge in [-0.05, 0) is 24.3 Å². The number of rotatable bonds is 2. The maximum absolute atomic E-state index is 9.25. The summed E-state index contributed by atoms with van der Waals surface area (Å²) in [6.45, 7) is 0. The first-order valence-corrected chi connectivity index (χ1v) is 5.61. The number of nitrogens with one attached hydrogen (secondary N) is 1. The van der Waals surface area contributed by atoms with Crippen LogP contribution in [0.15, 0.2) is 36.5 Å². The molecule has 1 aliphatic carbocycles. The van der Waals surface area contributed by atoms with E-state index in [-0.39, 0.29) is 6.10 Å². The van der Waals surface area contributed by atoms with Gasteiger partial charge in [-0.25, -0.2) is 4.98 Å². The maximum atomic E-state index is 9.25. The zero-order valence-electron chi connectivity index (χ0n) is 8.93.